The van der Waals surface area contributed by atoms with Gasteiger partial charge in [-0.05, 0) is 48.4 Å². The molecule has 0 aliphatic carbocycles. The average Bonchev–Trinajstić information content (AvgIpc) is 3.39. The number of hydrogen-bond acceptors (Lipinski definition) is 9. The highest BCUT2D eigenvalue weighted by atomic mass is 31.2. The van der Waals surface area contributed by atoms with Crippen LogP contribution in [0.2, 0.25) is 36.3 Å². The Morgan fingerprint density at radius 2 is 1.77 bits per heavy atom. The summed E-state index contributed by atoms with van der Waals surface area (Å²) in [5.74, 6) is -3.76. The molecule has 2 fully saturated rings. The molecular weight excluding hydrogens is 629 g/mol. The molecule has 2 unspecified atom stereocenters. The maximum absolute atomic E-state index is 16.3. The van der Waals surface area contributed by atoms with E-state index in [9.17, 15) is 9.36 Å². The van der Waals surface area contributed by atoms with Crippen LogP contribution in [0, 0.1) is 0 Å². The fourth-order valence-corrected chi connectivity index (χ4v) is 7.96. The van der Waals surface area contributed by atoms with Crippen molar-refractivity contribution in [3.63, 3.8) is 0 Å². The summed E-state index contributed by atoms with van der Waals surface area (Å²) in [4.78, 5) is 21.0. The van der Waals surface area contributed by atoms with E-state index >= 15 is 8.78 Å². The van der Waals surface area contributed by atoms with E-state index in [-0.39, 0.29) is 29.1 Å². The Morgan fingerprint density at radius 3 is 2.34 bits per heavy atom. The zero-order valence-corrected chi connectivity index (χ0v) is 30.0. The van der Waals surface area contributed by atoms with E-state index in [2.05, 4.69) is 35.8 Å². The lowest BCUT2D eigenvalue weighted by Gasteiger charge is -2.41. The second kappa shape index (κ2) is 12.1. The standard InChI is InChI=1S/C28H45F2N4O7PSi2/c1-26(2,3)43(7,8)38-18-21-23(41-44(9,10)27(4,5)6)28(29,30)24(39-21)34-15-13-22(32-25(34)35)33-42(36)37-17-20(40-42)19-12-11-14-31-16-19/h11-16,20-21,23-24H,17-18H2,1-10H3,(H,32,33,35,36)/t20?,21-,23-,24-,42?/m1/s1. The zero-order valence-electron chi connectivity index (χ0n) is 27.1. The van der Waals surface area contributed by atoms with E-state index in [4.69, 9.17) is 22.6 Å². The summed E-state index contributed by atoms with van der Waals surface area (Å²) in [5, 5.41) is 2.01. The minimum absolute atomic E-state index is 0.0108. The van der Waals surface area contributed by atoms with Crippen LogP contribution >= 0.6 is 7.75 Å². The van der Waals surface area contributed by atoms with Gasteiger partial charge in [-0.3, -0.25) is 23.7 Å². The van der Waals surface area contributed by atoms with Gasteiger partial charge in [0, 0.05) is 24.2 Å². The second-order valence-corrected chi connectivity index (χ2v) is 25.6. The number of pyridine rings is 1. The van der Waals surface area contributed by atoms with Gasteiger partial charge in [-0.25, -0.2) is 9.36 Å². The number of hydrogen-bond donors (Lipinski definition) is 1. The van der Waals surface area contributed by atoms with Crippen LogP contribution in [0.4, 0.5) is 14.6 Å². The Balaban J connectivity index is 1.58. The SMILES string of the molecule is CC(C)(C)[Si](C)(C)OC[C@H]1O[C@@H](n2ccc(NP3(=O)OCC(c4cccnc4)O3)nc2=O)C(F)(F)[C@@H]1O[Si](C)(C)C(C)(C)C. The van der Waals surface area contributed by atoms with Crippen molar-refractivity contribution in [3.05, 3.63) is 52.8 Å². The van der Waals surface area contributed by atoms with Crippen LogP contribution in [0.1, 0.15) is 59.4 Å². The van der Waals surface area contributed by atoms with Crippen LogP contribution in [0.15, 0.2) is 41.6 Å². The van der Waals surface area contributed by atoms with Crippen LogP contribution in [-0.4, -0.2) is 62.5 Å². The molecule has 2 aliphatic rings. The van der Waals surface area contributed by atoms with Gasteiger partial charge < -0.3 is 13.6 Å². The number of rotatable bonds is 9. The Bertz CT molecular complexity index is 1430. The zero-order chi connectivity index (χ0) is 32.9. The van der Waals surface area contributed by atoms with E-state index in [0.717, 1.165) is 10.8 Å². The smallest absolute Gasteiger partial charge is 0.414 e. The molecule has 4 heterocycles. The summed E-state index contributed by atoms with van der Waals surface area (Å²) in [5.41, 5.74) is -0.371. The maximum Gasteiger partial charge on any atom is 0.434 e. The molecular formula is C28H45F2N4O7PSi2. The van der Waals surface area contributed by atoms with Gasteiger partial charge in [0.25, 0.3) is 0 Å². The first-order chi connectivity index (χ1) is 20.1. The van der Waals surface area contributed by atoms with Gasteiger partial charge in [-0.1, -0.05) is 47.6 Å². The van der Waals surface area contributed by atoms with Crippen LogP contribution in [-0.2, 0) is 27.2 Å². The molecule has 5 atom stereocenters. The number of aromatic nitrogens is 3. The number of nitrogens with zero attached hydrogens (tertiary/aromatic N) is 3. The normalized spacial score (nSPS) is 27.9. The molecule has 0 bridgehead atoms. The summed E-state index contributed by atoms with van der Waals surface area (Å²) in [6, 6.07) is 4.71. The van der Waals surface area contributed by atoms with Crippen LogP contribution in [0.3, 0.4) is 0 Å². The Hall–Kier alpha value is -1.85. The fraction of sp³-hybridized carbons (Fsp3) is 0.679. The van der Waals surface area contributed by atoms with Crippen molar-refractivity contribution < 1.29 is 36.0 Å². The number of anilines is 1. The third-order valence-corrected chi connectivity index (χ3v) is 19.5. The van der Waals surface area contributed by atoms with Gasteiger partial charge in [0.1, 0.15) is 24.1 Å². The van der Waals surface area contributed by atoms with Crippen LogP contribution in [0.25, 0.3) is 0 Å². The highest BCUT2D eigenvalue weighted by Gasteiger charge is 2.63. The first-order valence-corrected chi connectivity index (χ1v) is 22.0. The van der Waals surface area contributed by atoms with Crippen molar-refractivity contribution in [2.45, 2.75) is 108 Å². The van der Waals surface area contributed by atoms with Gasteiger partial charge >= 0.3 is 19.4 Å². The Kier molecular flexibility index (Phi) is 9.60. The highest BCUT2D eigenvalue weighted by molar-refractivity contribution is 7.55. The molecule has 11 nitrogen and oxygen atoms in total. The van der Waals surface area contributed by atoms with Gasteiger partial charge in [0.05, 0.1) is 13.2 Å². The molecule has 44 heavy (non-hydrogen) atoms. The second-order valence-electron chi connectivity index (χ2n) is 14.4. The minimum Gasteiger partial charge on any atom is -0.414 e. The number of alkyl halides is 2. The Morgan fingerprint density at radius 1 is 1.11 bits per heavy atom. The minimum atomic E-state index is -3.89. The molecule has 2 aromatic rings. The Labute approximate surface area is 259 Å². The molecule has 2 aromatic heterocycles. The predicted molar refractivity (Wildman–Crippen MR) is 168 cm³/mol. The first-order valence-electron chi connectivity index (χ1n) is 14.6. The molecule has 246 valence electrons. The number of halogens is 2. The van der Waals surface area contributed by atoms with E-state index in [1.807, 2.05) is 47.0 Å². The van der Waals surface area contributed by atoms with E-state index in [1.54, 1.807) is 24.5 Å². The number of nitrogens with one attached hydrogen (secondary N) is 1. The molecule has 2 aliphatic heterocycles. The molecule has 1 N–H and O–H groups in total. The molecule has 2 saturated heterocycles. The van der Waals surface area contributed by atoms with Crippen molar-refractivity contribution in [2.75, 3.05) is 18.3 Å². The summed E-state index contributed by atoms with van der Waals surface area (Å²) in [7, 11) is -8.93. The van der Waals surface area contributed by atoms with Crippen molar-refractivity contribution >= 4 is 30.2 Å². The van der Waals surface area contributed by atoms with Gasteiger partial charge in [-0.15, -0.1) is 0 Å². The average molecular weight is 675 g/mol. The monoisotopic (exact) mass is 674 g/mol. The largest absolute Gasteiger partial charge is 0.434 e. The summed E-state index contributed by atoms with van der Waals surface area (Å²) < 4.78 is 75.9. The molecule has 0 spiro atoms. The summed E-state index contributed by atoms with van der Waals surface area (Å²) in [6.45, 7) is 19.8. The third-order valence-electron chi connectivity index (χ3n) is 9.04. The van der Waals surface area contributed by atoms with E-state index in [1.165, 1.54) is 6.07 Å². The topological polar surface area (TPSA) is 123 Å². The number of ether oxygens (including phenoxy) is 1. The lowest BCUT2D eigenvalue weighted by atomic mass is 10.1. The van der Waals surface area contributed by atoms with E-state index < -0.39 is 60.5 Å². The van der Waals surface area contributed by atoms with Gasteiger partial charge in [0.2, 0.25) is 6.23 Å². The van der Waals surface area contributed by atoms with Gasteiger partial charge in [0.15, 0.2) is 16.6 Å². The molecule has 4 rings (SSSR count). The quantitative estimate of drug-likeness (QED) is 0.222. The molecule has 0 radical (unpaired) electrons. The van der Waals surface area contributed by atoms with Crippen LogP contribution < -0.4 is 10.8 Å². The molecule has 0 amide bonds. The van der Waals surface area contributed by atoms with E-state index in [0.29, 0.717) is 5.56 Å². The van der Waals surface area contributed by atoms with Crippen LogP contribution in [0.5, 0.6) is 0 Å². The lowest BCUT2D eigenvalue weighted by Crippen LogP contribution is -2.53. The first kappa shape index (κ1) is 35.0. The highest BCUT2D eigenvalue weighted by Crippen LogP contribution is 2.57. The van der Waals surface area contributed by atoms with Crippen molar-refractivity contribution in [2.24, 2.45) is 0 Å². The summed E-state index contributed by atoms with van der Waals surface area (Å²) in [6.07, 6.45) is -1.14. The van der Waals surface area contributed by atoms with Crippen molar-refractivity contribution in [3.8, 4) is 0 Å². The summed E-state index contributed by atoms with van der Waals surface area (Å²) >= 11 is 0. The lowest BCUT2D eigenvalue weighted by molar-refractivity contribution is -0.138. The maximum atomic E-state index is 16.3. The third kappa shape index (κ3) is 7.25. The van der Waals surface area contributed by atoms with Crippen molar-refractivity contribution in [1.82, 2.24) is 14.5 Å². The predicted octanol–water partition coefficient (Wildman–Crippen LogP) is 6.89. The molecule has 0 saturated carbocycles. The molecule has 0 aromatic carbocycles. The van der Waals surface area contributed by atoms with Crippen molar-refractivity contribution in [1.29, 1.82) is 0 Å². The fourth-order valence-electron chi connectivity index (χ4n) is 4.22. The van der Waals surface area contributed by atoms with Gasteiger partial charge in [-0.2, -0.15) is 13.8 Å². The molecule has 16 heteroatoms.